The third-order valence-corrected chi connectivity index (χ3v) is 2.51. The average Bonchev–Trinajstić information content (AvgIpc) is 2.92. The van der Waals surface area contributed by atoms with Gasteiger partial charge in [-0.3, -0.25) is 0 Å². The second kappa shape index (κ2) is 2.88. The Balaban J connectivity index is 2.32. The molecule has 0 aromatic heterocycles. The molecule has 3 atom stereocenters. The maximum absolute atomic E-state index is 9.57. The molecule has 2 heterocycles. The molecule has 72 valence electrons. The van der Waals surface area contributed by atoms with Gasteiger partial charge in [-0.2, -0.15) is 0 Å². The zero-order valence-corrected chi connectivity index (χ0v) is 7.11. The van der Waals surface area contributed by atoms with Crippen molar-refractivity contribution < 1.29 is 20.1 Å². The molecule has 1 unspecified atom stereocenters. The van der Waals surface area contributed by atoms with E-state index >= 15 is 0 Å². The van der Waals surface area contributed by atoms with Crippen molar-refractivity contribution in [1.29, 1.82) is 0 Å². The summed E-state index contributed by atoms with van der Waals surface area (Å²) in [5, 5.41) is 30.3. The molecule has 0 radical (unpaired) electrons. The Hall–Kier alpha value is -0.720. The molecular formula is C5H7B2N3O4. The van der Waals surface area contributed by atoms with E-state index in [1.807, 2.05) is 0 Å². The Bertz CT molecular complexity index is 338. The molecule has 7 nitrogen and oxygen atoms in total. The van der Waals surface area contributed by atoms with E-state index in [4.69, 9.17) is 15.4 Å². The summed E-state index contributed by atoms with van der Waals surface area (Å²) in [5.74, 6) is 0. The molecule has 14 heavy (non-hydrogen) atoms. The number of rotatable bonds is 2. The quantitative estimate of drug-likeness (QED) is 0.199. The van der Waals surface area contributed by atoms with Gasteiger partial charge >= 0.3 is 79.2 Å². The Morgan fingerprint density at radius 2 is 2.07 bits per heavy atom. The molecule has 2 aliphatic heterocycles. The molecule has 0 saturated carbocycles. The SMILES string of the molecule is [N-]=[N+]=N[C@]1(CO)OC2(B=B2)C(O)[C@@H]1O. The van der Waals surface area contributed by atoms with Crippen molar-refractivity contribution in [3.05, 3.63) is 10.4 Å². The van der Waals surface area contributed by atoms with Gasteiger partial charge in [0.15, 0.2) is 0 Å². The maximum atomic E-state index is 9.57. The van der Waals surface area contributed by atoms with Crippen LogP contribution < -0.4 is 0 Å². The van der Waals surface area contributed by atoms with Gasteiger partial charge in [0.25, 0.3) is 0 Å². The van der Waals surface area contributed by atoms with Crippen molar-refractivity contribution in [1.82, 2.24) is 0 Å². The van der Waals surface area contributed by atoms with E-state index in [0.717, 1.165) is 0 Å². The predicted molar refractivity (Wildman–Crippen MR) is 46.3 cm³/mol. The first-order chi connectivity index (χ1) is 6.60. The number of azide groups is 1. The topological polar surface area (TPSA) is 119 Å². The normalized spacial score (nSPS) is 41.4. The molecule has 0 aliphatic carbocycles. The molecule has 0 bridgehead atoms. The van der Waals surface area contributed by atoms with Crippen LogP contribution in [0.1, 0.15) is 0 Å². The number of ether oxygens (including phenoxy) is 1. The van der Waals surface area contributed by atoms with E-state index < -0.39 is 29.9 Å². The van der Waals surface area contributed by atoms with Gasteiger partial charge in [-0.1, -0.05) is 0 Å². The summed E-state index contributed by atoms with van der Waals surface area (Å²) >= 11 is 0. The van der Waals surface area contributed by atoms with Gasteiger partial charge in [0, 0.05) is 0 Å². The van der Waals surface area contributed by atoms with E-state index in [-0.39, 0.29) is 0 Å². The number of aliphatic hydroxyl groups excluding tert-OH is 3. The first-order valence-electron chi connectivity index (χ1n) is 4.04. The number of hydrogen-bond acceptors (Lipinski definition) is 5. The fourth-order valence-corrected chi connectivity index (χ4v) is 1.58. The Labute approximate surface area is 80.0 Å². The van der Waals surface area contributed by atoms with Crippen LogP contribution in [-0.2, 0) is 4.74 Å². The third kappa shape index (κ3) is 1.08. The van der Waals surface area contributed by atoms with Crippen LogP contribution in [0, 0.1) is 0 Å². The fourth-order valence-electron chi connectivity index (χ4n) is 1.58. The molecule has 0 aromatic rings. The molecule has 9 heteroatoms. The van der Waals surface area contributed by atoms with E-state index in [9.17, 15) is 10.2 Å². The van der Waals surface area contributed by atoms with Crippen molar-refractivity contribution in [2.45, 2.75) is 23.3 Å². The summed E-state index contributed by atoms with van der Waals surface area (Å²) in [4.78, 5) is 2.48. The van der Waals surface area contributed by atoms with Crippen LogP contribution in [0.2, 0.25) is 0 Å². The second-order valence-electron chi connectivity index (χ2n) is 3.37. The number of aliphatic hydroxyl groups is 3. The summed E-state index contributed by atoms with van der Waals surface area (Å²) in [7, 11) is 0. The van der Waals surface area contributed by atoms with E-state index in [0.29, 0.717) is 0 Å². The zero-order chi connectivity index (χ0) is 10.4. The van der Waals surface area contributed by atoms with Gasteiger partial charge in [-0.25, -0.2) is 0 Å². The summed E-state index contributed by atoms with van der Waals surface area (Å²) < 4.78 is 5.18. The van der Waals surface area contributed by atoms with Gasteiger partial charge in [-0.05, 0) is 0 Å². The zero-order valence-electron chi connectivity index (χ0n) is 7.11. The van der Waals surface area contributed by atoms with Crippen LogP contribution >= 0.6 is 0 Å². The Kier molecular flexibility index (Phi) is 2.02. The second-order valence-corrected chi connectivity index (χ2v) is 3.37. The van der Waals surface area contributed by atoms with Gasteiger partial charge in [0.05, 0.1) is 0 Å². The standard InChI is InChI=1S/C5H7B2N3O4/c8-10-9-4(1-11)2(12)3(13)5(14-4)6-7-5/h2-3,11-13H,1H2/t2-,3?,4+/m0/s1. The van der Waals surface area contributed by atoms with Crippen LogP contribution in [0.25, 0.3) is 10.4 Å². The Morgan fingerprint density at radius 3 is 2.43 bits per heavy atom. The van der Waals surface area contributed by atoms with Crippen LogP contribution in [0.3, 0.4) is 0 Å². The van der Waals surface area contributed by atoms with Crippen molar-refractivity contribution in [2.24, 2.45) is 5.11 Å². The number of nitrogens with zero attached hydrogens (tertiary/aromatic N) is 3. The van der Waals surface area contributed by atoms with Crippen LogP contribution in [0.4, 0.5) is 0 Å². The third-order valence-electron chi connectivity index (χ3n) is 2.51. The van der Waals surface area contributed by atoms with Gasteiger partial charge in [-0.15, -0.1) is 0 Å². The summed E-state index contributed by atoms with van der Waals surface area (Å²) in [6.45, 7) is 2.38. The van der Waals surface area contributed by atoms with E-state index in [2.05, 4.69) is 10.0 Å². The minimum atomic E-state index is -1.78. The molecule has 3 N–H and O–H groups in total. The summed E-state index contributed by atoms with van der Waals surface area (Å²) in [5.41, 5.74) is 6.49. The summed E-state index contributed by atoms with van der Waals surface area (Å²) in [6.07, 6.45) is -2.64. The van der Waals surface area contributed by atoms with Crippen molar-refractivity contribution in [2.75, 3.05) is 6.61 Å². The van der Waals surface area contributed by atoms with Crippen LogP contribution in [-0.4, -0.2) is 58.9 Å². The van der Waals surface area contributed by atoms with Crippen molar-refractivity contribution in [3.63, 3.8) is 0 Å². The van der Waals surface area contributed by atoms with Crippen molar-refractivity contribution in [3.8, 4) is 0 Å². The monoisotopic (exact) mass is 195 g/mol. The Morgan fingerprint density at radius 1 is 1.43 bits per heavy atom. The fraction of sp³-hybridized carbons (Fsp3) is 1.00. The van der Waals surface area contributed by atoms with Crippen molar-refractivity contribution >= 4 is 13.6 Å². The van der Waals surface area contributed by atoms with Crippen LogP contribution in [0.15, 0.2) is 5.11 Å². The average molecular weight is 195 g/mol. The van der Waals surface area contributed by atoms with Gasteiger partial charge in [0.1, 0.15) is 0 Å². The van der Waals surface area contributed by atoms with E-state index in [1.54, 1.807) is 0 Å². The molecule has 1 fully saturated rings. The number of hydrogen-bond donors (Lipinski definition) is 3. The first kappa shape index (κ1) is 9.82. The molecule has 1 spiro atoms. The predicted octanol–water partition coefficient (Wildman–Crippen LogP) is -2.27. The molecule has 1 saturated heterocycles. The van der Waals surface area contributed by atoms with Gasteiger partial charge < -0.3 is 0 Å². The molecular weight excluding hydrogens is 188 g/mol. The van der Waals surface area contributed by atoms with Crippen LogP contribution in [0.5, 0.6) is 0 Å². The molecule has 2 aliphatic rings. The summed E-state index contributed by atoms with van der Waals surface area (Å²) in [6, 6.07) is 0. The molecule has 2 rings (SSSR count). The molecule has 0 aromatic carbocycles. The minimum absolute atomic E-state index is 0.682. The van der Waals surface area contributed by atoms with E-state index in [1.165, 1.54) is 13.6 Å². The van der Waals surface area contributed by atoms with Gasteiger partial charge in [0.2, 0.25) is 0 Å². The molecule has 0 amide bonds. The first-order valence-corrected chi connectivity index (χ1v) is 4.04.